The van der Waals surface area contributed by atoms with Gasteiger partial charge < -0.3 is 9.84 Å². The number of ether oxygens (including phenoxy) is 1. The number of benzene rings is 1. The van der Waals surface area contributed by atoms with E-state index in [1.807, 2.05) is 24.3 Å². The first-order chi connectivity index (χ1) is 14.9. The zero-order valence-corrected chi connectivity index (χ0v) is 18.2. The average molecular weight is 421 g/mol. The van der Waals surface area contributed by atoms with Crippen molar-refractivity contribution in [1.82, 2.24) is 9.88 Å². The van der Waals surface area contributed by atoms with Gasteiger partial charge in [0.15, 0.2) is 0 Å². The lowest BCUT2D eigenvalue weighted by molar-refractivity contribution is -0.126. The minimum absolute atomic E-state index is 0.227. The van der Waals surface area contributed by atoms with Crippen molar-refractivity contribution in [3.05, 3.63) is 64.9 Å². The van der Waals surface area contributed by atoms with Gasteiger partial charge in [0, 0.05) is 17.6 Å². The van der Waals surface area contributed by atoms with Crippen LogP contribution in [0.15, 0.2) is 42.5 Å². The molecule has 4 rings (SSSR count). The van der Waals surface area contributed by atoms with Gasteiger partial charge in [-0.15, -0.1) is 0 Å². The van der Waals surface area contributed by atoms with Crippen LogP contribution in [-0.2, 0) is 4.79 Å². The van der Waals surface area contributed by atoms with Crippen LogP contribution in [0.1, 0.15) is 73.8 Å². The number of pyridine rings is 1. The molecule has 1 saturated heterocycles. The summed E-state index contributed by atoms with van der Waals surface area (Å²) < 4.78 is 5.57. The van der Waals surface area contributed by atoms with E-state index in [9.17, 15) is 14.7 Å². The number of carbonyl (C=O) groups is 2. The van der Waals surface area contributed by atoms with Crippen molar-refractivity contribution in [2.45, 2.75) is 57.4 Å². The number of aromatic nitrogens is 1. The predicted octanol–water partition coefficient (Wildman–Crippen LogP) is 5.19. The molecular weight excluding hydrogens is 392 g/mol. The minimum atomic E-state index is -1.21. The van der Waals surface area contributed by atoms with E-state index in [2.05, 4.69) is 32.0 Å². The van der Waals surface area contributed by atoms with Gasteiger partial charge in [-0.2, -0.15) is 0 Å². The first kappa shape index (κ1) is 21.1. The SMILES string of the molecule is COc1nc(C(=C[C@H]2CCC(=O)N2C(=O)O)c2ccc(C(C)C)cc2)ccc1C1CC1. The second-order valence-electron chi connectivity index (χ2n) is 8.58. The van der Waals surface area contributed by atoms with Crippen molar-refractivity contribution in [2.75, 3.05) is 7.11 Å². The molecule has 31 heavy (non-hydrogen) atoms. The molecule has 2 amide bonds. The lowest BCUT2D eigenvalue weighted by Gasteiger charge is -2.19. The zero-order chi connectivity index (χ0) is 22.1. The Morgan fingerprint density at radius 3 is 2.45 bits per heavy atom. The molecule has 2 aromatic rings. The van der Waals surface area contributed by atoms with Crippen LogP contribution in [0.2, 0.25) is 0 Å². The summed E-state index contributed by atoms with van der Waals surface area (Å²) in [6, 6.07) is 11.7. The molecule has 1 aliphatic carbocycles. The highest BCUT2D eigenvalue weighted by Crippen LogP contribution is 2.44. The van der Waals surface area contributed by atoms with Crippen LogP contribution in [0.4, 0.5) is 4.79 Å². The van der Waals surface area contributed by atoms with E-state index in [1.165, 1.54) is 5.56 Å². The molecule has 2 heterocycles. The number of likely N-dealkylation sites (tertiary alicyclic amines) is 1. The van der Waals surface area contributed by atoms with E-state index in [0.717, 1.165) is 34.4 Å². The van der Waals surface area contributed by atoms with Gasteiger partial charge >= 0.3 is 6.09 Å². The van der Waals surface area contributed by atoms with Crippen molar-refractivity contribution in [3.8, 4) is 5.88 Å². The number of hydrogen-bond donors (Lipinski definition) is 1. The Morgan fingerprint density at radius 2 is 1.87 bits per heavy atom. The summed E-state index contributed by atoms with van der Waals surface area (Å²) in [6.07, 6.45) is 3.64. The number of amides is 2. The molecule has 0 unspecified atom stereocenters. The topological polar surface area (TPSA) is 79.7 Å². The van der Waals surface area contributed by atoms with Crippen molar-refractivity contribution in [1.29, 1.82) is 0 Å². The number of carbonyl (C=O) groups excluding carboxylic acids is 1. The van der Waals surface area contributed by atoms with Crippen molar-refractivity contribution in [2.24, 2.45) is 0 Å². The molecule has 1 aliphatic heterocycles. The van der Waals surface area contributed by atoms with Crippen molar-refractivity contribution >= 4 is 17.6 Å². The summed E-state index contributed by atoms with van der Waals surface area (Å²) in [5, 5.41) is 9.53. The van der Waals surface area contributed by atoms with Gasteiger partial charge in [0.05, 0.1) is 18.8 Å². The summed E-state index contributed by atoms with van der Waals surface area (Å²) in [5.41, 5.74) is 4.79. The predicted molar refractivity (Wildman–Crippen MR) is 118 cm³/mol. The first-order valence-electron chi connectivity index (χ1n) is 10.8. The van der Waals surface area contributed by atoms with Gasteiger partial charge in [-0.25, -0.2) is 14.7 Å². The Balaban J connectivity index is 1.79. The Hall–Kier alpha value is -3.15. The molecule has 162 valence electrons. The highest BCUT2D eigenvalue weighted by molar-refractivity contribution is 5.94. The summed E-state index contributed by atoms with van der Waals surface area (Å²) in [5.74, 6) is 1.16. The van der Waals surface area contributed by atoms with Crippen LogP contribution >= 0.6 is 0 Å². The van der Waals surface area contributed by atoms with Crippen LogP contribution in [0, 0.1) is 0 Å². The molecule has 1 saturated carbocycles. The standard InChI is InChI=1S/C25H28N2O4/c1-15(2)16-4-6-18(7-5-16)21(14-19-10-13-23(28)27(19)25(29)30)22-12-11-20(17-8-9-17)24(26-22)31-3/h4-7,11-12,14-15,17,19H,8-10,13H2,1-3H3,(H,29,30)/t19-/m1/s1. The number of rotatable bonds is 6. The maximum absolute atomic E-state index is 12.1. The number of imide groups is 1. The second-order valence-corrected chi connectivity index (χ2v) is 8.58. The number of carboxylic acid groups (broad SMARTS) is 1. The van der Waals surface area contributed by atoms with Gasteiger partial charge in [0.2, 0.25) is 11.8 Å². The molecule has 1 atom stereocenters. The fourth-order valence-corrected chi connectivity index (χ4v) is 4.15. The van der Waals surface area contributed by atoms with Crippen LogP contribution in [-0.4, -0.2) is 40.1 Å². The van der Waals surface area contributed by atoms with E-state index in [1.54, 1.807) is 7.11 Å². The third-order valence-electron chi connectivity index (χ3n) is 6.08. The lowest BCUT2D eigenvalue weighted by atomic mass is 9.95. The van der Waals surface area contributed by atoms with Crippen LogP contribution in [0.25, 0.3) is 5.57 Å². The average Bonchev–Trinajstić information content (AvgIpc) is 3.53. The molecule has 2 aliphatic rings. The fourth-order valence-electron chi connectivity index (χ4n) is 4.15. The molecule has 6 nitrogen and oxygen atoms in total. The van der Waals surface area contributed by atoms with Gasteiger partial charge in [-0.05, 0) is 48.3 Å². The number of hydrogen-bond acceptors (Lipinski definition) is 4. The number of nitrogens with zero attached hydrogens (tertiary/aromatic N) is 2. The molecule has 0 bridgehead atoms. The van der Waals surface area contributed by atoms with Crippen molar-refractivity contribution < 1.29 is 19.4 Å². The third-order valence-corrected chi connectivity index (χ3v) is 6.08. The quantitative estimate of drug-likeness (QED) is 0.695. The summed E-state index contributed by atoms with van der Waals surface area (Å²) in [7, 11) is 1.63. The third kappa shape index (κ3) is 4.33. The van der Waals surface area contributed by atoms with Gasteiger partial charge in [0.25, 0.3) is 0 Å². The van der Waals surface area contributed by atoms with Crippen LogP contribution in [0.5, 0.6) is 5.88 Å². The van der Waals surface area contributed by atoms with Crippen LogP contribution < -0.4 is 4.74 Å². The molecule has 1 aromatic heterocycles. The first-order valence-corrected chi connectivity index (χ1v) is 10.8. The fraction of sp³-hybridized carbons (Fsp3) is 0.400. The van der Waals surface area contributed by atoms with Gasteiger partial charge in [-0.1, -0.05) is 50.3 Å². The molecule has 0 spiro atoms. The van der Waals surface area contributed by atoms with E-state index < -0.39 is 12.1 Å². The van der Waals surface area contributed by atoms with Gasteiger partial charge in [-0.3, -0.25) is 4.79 Å². The van der Waals surface area contributed by atoms with E-state index in [-0.39, 0.29) is 12.3 Å². The molecule has 0 radical (unpaired) electrons. The number of methoxy groups -OCH3 is 1. The smallest absolute Gasteiger partial charge is 0.414 e. The lowest BCUT2D eigenvalue weighted by Crippen LogP contribution is -2.36. The van der Waals surface area contributed by atoms with E-state index in [0.29, 0.717) is 29.8 Å². The zero-order valence-electron chi connectivity index (χ0n) is 18.2. The highest BCUT2D eigenvalue weighted by atomic mass is 16.5. The highest BCUT2D eigenvalue weighted by Gasteiger charge is 2.35. The Bertz CT molecular complexity index is 1020. The molecule has 2 fully saturated rings. The maximum Gasteiger partial charge on any atom is 0.414 e. The largest absolute Gasteiger partial charge is 0.481 e. The second kappa shape index (κ2) is 8.53. The van der Waals surface area contributed by atoms with Crippen molar-refractivity contribution in [3.63, 3.8) is 0 Å². The summed E-state index contributed by atoms with van der Waals surface area (Å²) in [6.45, 7) is 4.29. The maximum atomic E-state index is 12.1. The van der Waals surface area contributed by atoms with Crippen LogP contribution in [0.3, 0.4) is 0 Å². The van der Waals surface area contributed by atoms with E-state index >= 15 is 0 Å². The molecule has 1 N–H and O–H groups in total. The molecule has 6 heteroatoms. The van der Waals surface area contributed by atoms with Gasteiger partial charge in [0.1, 0.15) is 0 Å². The summed E-state index contributed by atoms with van der Waals surface area (Å²) >= 11 is 0. The van der Waals surface area contributed by atoms with E-state index in [4.69, 9.17) is 9.72 Å². The molecular formula is C25H28N2O4. The summed E-state index contributed by atoms with van der Waals surface area (Å²) in [4.78, 5) is 29.5. The monoisotopic (exact) mass is 420 g/mol. The Labute approximate surface area is 182 Å². The normalized spacial score (nSPS) is 19.2. The Morgan fingerprint density at radius 1 is 1.16 bits per heavy atom. The Kier molecular flexibility index (Phi) is 5.81. The minimum Gasteiger partial charge on any atom is -0.481 e. The molecule has 1 aromatic carbocycles.